The van der Waals surface area contributed by atoms with Gasteiger partial charge >= 0.3 is 5.97 Å². The van der Waals surface area contributed by atoms with E-state index in [4.69, 9.17) is 10.2 Å². The zero-order valence-electron chi connectivity index (χ0n) is 13.6. The summed E-state index contributed by atoms with van der Waals surface area (Å²) in [6.45, 7) is 1.66. The van der Waals surface area contributed by atoms with Crippen LogP contribution in [-0.2, 0) is 10.0 Å². The molecule has 1 atom stereocenters. The summed E-state index contributed by atoms with van der Waals surface area (Å²) in [6.07, 6.45) is 0. The quantitative estimate of drug-likeness (QED) is 0.568. The molecule has 7 nitrogen and oxygen atoms in total. The van der Waals surface area contributed by atoms with E-state index in [0.29, 0.717) is 0 Å². The number of hydrogen-bond donors (Lipinski definition) is 4. The lowest BCUT2D eigenvalue weighted by Crippen LogP contribution is -2.28. The third kappa shape index (κ3) is 4.79. The van der Waals surface area contributed by atoms with E-state index in [1.807, 2.05) is 6.07 Å². The van der Waals surface area contributed by atoms with Crippen molar-refractivity contribution in [2.45, 2.75) is 17.9 Å². The second-order valence-corrected chi connectivity index (χ2v) is 7.10. The van der Waals surface area contributed by atoms with Crippen molar-refractivity contribution in [3.05, 3.63) is 59.7 Å². The second kappa shape index (κ2) is 8.11. The molecule has 8 heteroatoms. The Hall–Kier alpha value is -2.42. The fourth-order valence-corrected chi connectivity index (χ4v) is 3.76. The van der Waals surface area contributed by atoms with E-state index in [0.717, 1.165) is 11.6 Å². The van der Waals surface area contributed by atoms with E-state index in [9.17, 15) is 13.2 Å². The summed E-state index contributed by atoms with van der Waals surface area (Å²) >= 11 is 0. The van der Waals surface area contributed by atoms with Gasteiger partial charge in [0.2, 0.25) is 10.0 Å². The first-order valence-electron chi connectivity index (χ1n) is 7.64. The van der Waals surface area contributed by atoms with Crippen molar-refractivity contribution in [2.75, 3.05) is 18.5 Å². The van der Waals surface area contributed by atoms with Crippen LogP contribution in [0.25, 0.3) is 0 Å². The lowest BCUT2D eigenvalue weighted by molar-refractivity contribution is 0.0696. The predicted molar refractivity (Wildman–Crippen MR) is 94.2 cm³/mol. The van der Waals surface area contributed by atoms with E-state index in [1.165, 1.54) is 12.1 Å². The lowest BCUT2D eigenvalue weighted by atomic mass is 10.1. The van der Waals surface area contributed by atoms with Gasteiger partial charge in [0.1, 0.15) is 4.90 Å². The van der Waals surface area contributed by atoms with Crippen LogP contribution in [0, 0.1) is 0 Å². The Morgan fingerprint density at radius 1 is 1.16 bits per heavy atom. The van der Waals surface area contributed by atoms with Crippen LogP contribution < -0.4 is 10.0 Å². The number of anilines is 1. The number of carboxylic acid groups (broad SMARTS) is 1. The Labute approximate surface area is 146 Å². The van der Waals surface area contributed by atoms with Crippen LogP contribution >= 0.6 is 0 Å². The molecule has 0 unspecified atom stereocenters. The van der Waals surface area contributed by atoms with Crippen molar-refractivity contribution in [3.8, 4) is 0 Å². The van der Waals surface area contributed by atoms with E-state index in [2.05, 4.69) is 10.0 Å². The molecule has 0 bridgehead atoms. The minimum Gasteiger partial charge on any atom is -0.478 e. The number of nitrogens with one attached hydrogen (secondary N) is 2. The molecule has 0 aromatic heterocycles. The van der Waals surface area contributed by atoms with E-state index < -0.39 is 22.0 Å². The Morgan fingerprint density at radius 2 is 1.84 bits per heavy atom. The molecule has 4 N–H and O–H groups in total. The van der Waals surface area contributed by atoms with Crippen LogP contribution in [0.5, 0.6) is 0 Å². The maximum absolute atomic E-state index is 12.8. The highest BCUT2D eigenvalue weighted by atomic mass is 32.2. The van der Waals surface area contributed by atoms with Crippen molar-refractivity contribution in [1.29, 1.82) is 0 Å². The zero-order chi connectivity index (χ0) is 18.4. The Balaban J connectivity index is 2.38. The van der Waals surface area contributed by atoms with Crippen LogP contribution in [0.1, 0.15) is 28.9 Å². The van der Waals surface area contributed by atoms with Crippen molar-refractivity contribution in [1.82, 2.24) is 4.72 Å². The molecule has 0 aliphatic carbocycles. The maximum Gasteiger partial charge on any atom is 0.335 e. The van der Waals surface area contributed by atoms with Crippen LogP contribution in [0.3, 0.4) is 0 Å². The van der Waals surface area contributed by atoms with Gasteiger partial charge in [-0.05, 0) is 30.7 Å². The smallest absolute Gasteiger partial charge is 0.335 e. The molecule has 0 spiro atoms. The highest BCUT2D eigenvalue weighted by Crippen LogP contribution is 2.25. The summed E-state index contributed by atoms with van der Waals surface area (Å²) in [6, 6.07) is 12.3. The van der Waals surface area contributed by atoms with Crippen LogP contribution in [0.2, 0.25) is 0 Å². The van der Waals surface area contributed by atoms with Crippen molar-refractivity contribution < 1.29 is 23.4 Å². The maximum atomic E-state index is 12.8. The fourth-order valence-electron chi connectivity index (χ4n) is 2.32. The highest BCUT2D eigenvalue weighted by Gasteiger charge is 2.23. The molecule has 0 heterocycles. The fraction of sp³-hybridized carbons (Fsp3) is 0.235. The average Bonchev–Trinajstić information content (AvgIpc) is 2.60. The minimum atomic E-state index is -3.98. The number of hydrogen-bond acceptors (Lipinski definition) is 5. The van der Waals surface area contributed by atoms with Crippen molar-refractivity contribution in [2.24, 2.45) is 0 Å². The largest absolute Gasteiger partial charge is 0.478 e. The van der Waals surface area contributed by atoms with Crippen LogP contribution in [-0.4, -0.2) is 37.8 Å². The summed E-state index contributed by atoms with van der Waals surface area (Å²) in [5.41, 5.74) is 0.874. The predicted octanol–water partition coefficient (Wildman–Crippen LogP) is 1.83. The summed E-state index contributed by atoms with van der Waals surface area (Å²) in [4.78, 5) is 11.0. The van der Waals surface area contributed by atoms with Gasteiger partial charge in [-0.15, -0.1) is 0 Å². The summed E-state index contributed by atoms with van der Waals surface area (Å²) in [7, 11) is -3.98. The molecule has 134 valence electrons. The van der Waals surface area contributed by atoms with Gasteiger partial charge in [0.25, 0.3) is 0 Å². The zero-order valence-corrected chi connectivity index (χ0v) is 14.5. The third-order valence-corrected chi connectivity index (χ3v) is 5.16. The molecule has 0 fully saturated rings. The number of aromatic carboxylic acids is 1. The van der Waals surface area contributed by atoms with Gasteiger partial charge < -0.3 is 15.5 Å². The first-order chi connectivity index (χ1) is 11.8. The molecular formula is C17H20N2O5S. The van der Waals surface area contributed by atoms with Gasteiger partial charge in [0, 0.05) is 12.6 Å². The van der Waals surface area contributed by atoms with Crippen molar-refractivity contribution >= 4 is 21.7 Å². The highest BCUT2D eigenvalue weighted by molar-refractivity contribution is 7.89. The molecule has 0 aliphatic rings. The molecule has 0 amide bonds. The molecule has 0 aliphatic heterocycles. The number of rotatable bonds is 8. The Morgan fingerprint density at radius 3 is 2.44 bits per heavy atom. The van der Waals surface area contributed by atoms with Gasteiger partial charge in [0.15, 0.2) is 0 Å². The summed E-state index contributed by atoms with van der Waals surface area (Å²) < 4.78 is 28.1. The summed E-state index contributed by atoms with van der Waals surface area (Å²) in [5, 5.41) is 20.8. The second-order valence-electron chi connectivity index (χ2n) is 5.42. The minimum absolute atomic E-state index is 0.137. The molecule has 0 radical (unpaired) electrons. The number of aliphatic hydroxyl groups excluding tert-OH is 1. The molecule has 0 saturated heterocycles. The van der Waals surface area contributed by atoms with E-state index in [1.54, 1.807) is 31.2 Å². The number of benzene rings is 2. The van der Waals surface area contributed by atoms with E-state index >= 15 is 0 Å². The number of carbonyl (C=O) groups is 1. The van der Waals surface area contributed by atoms with Crippen LogP contribution in [0.4, 0.5) is 5.69 Å². The molecular weight excluding hydrogens is 344 g/mol. The first-order valence-corrected chi connectivity index (χ1v) is 9.13. The standard InChI is InChI=1S/C17H20N2O5S/c1-12(13-5-3-2-4-6-13)19-25(23,24)16-11-14(17(21)22)7-8-15(16)18-9-10-20/h2-8,11-12,18-20H,9-10H2,1H3,(H,21,22)/t12-/m0/s1. The molecule has 0 saturated carbocycles. The summed E-state index contributed by atoms with van der Waals surface area (Å²) in [5.74, 6) is -1.22. The molecule has 2 rings (SSSR count). The third-order valence-electron chi connectivity index (χ3n) is 3.58. The topological polar surface area (TPSA) is 116 Å². The van der Waals surface area contributed by atoms with E-state index in [-0.39, 0.29) is 29.3 Å². The van der Waals surface area contributed by atoms with Crippen LogP contribution in [0.15, 0.2) is 53.4 Å². The molecule has 2 aromatic carbocycles. The van der Waals surface area contributed by atoms with Gasteiger partial charge in [0.05, 0.1) is 17.9 Å². The monoisotopic (exact) mass is 364 g/mol. The molecule has 2 aromatic rings. The first kappa shape index (κ1) is 18.9. The van der Waals surface area contributed by atoms with Crippen molar-refractivity contribution in [3.63, 3.8) is 0 Å². The SMILES string of the molecule is C[C@H](NS(=O)(=O)c1cc(C(=O)O)ccc1NCCO)c1ccccc1. The van der Waals surface area contributed by atoms with Gasteiger partial charge in [-0.1, -0.05) is 30.3 Å². The average molecular weight is 364 g/mol. The van der Waals surface area contributed by atoms with Gasteiger partial charge in [-0.2, -0.15) is 0 Å². The Kier molecular flexibility index (Phi) is 6.13. The molecule has 25 heavy (non-hydrogen) atoms. The number of aliphatic hydroxyl groups is 1. The van der Waals surface area contributed by atoms with Gasteiger partial charge in [-0.3, -0.25) is 0 Å². The normalized spacial score (nSPS) is 12.6. The van der Waals surface area contributed by atoms with Gasteiger partial charge in [-0.25, -0.2) is 17.9 Å². The number of carboxylic acids is 1. The number of sulfonamides is 1. The lowest BCUT2D eigenvalue weighted by Gasteiger charge is -2.17. The Bertz CT molecular complexity index is 837.